The maximum absolute atomic E-state index is 4.87. The Bertz CT molecular complexity index is 392. The van der Waals surface area contributed by atoms with Crippen LogP contribution in [0.4, 0.5) is 5.82 Å². The van der Waals surface area contributed by atoms with Gasteiger partial charge in [-0.25, -0.2) is 4.68 Å². The van der Waals surface area contributed by atoms with E-state index < -0.39 is 0 Å². The Kier molecular flexibility index (Phi) is 2.85. The van der Waals surface area contributed by atoms with Gasteiger partial charge in [-0.05, 0) is 31.6 Å². The lowest BCUT2D eigenvalue weighted by Crippen LogP contribution is -2.24. The molecule has 2 aliphatic rings. The second-order valence-electron chi connectivity index (χ2n) is 5.71. The number of rotatable bonds is 4. The van der Waals surface area contributed by atoms with E-state index in [0.717, 1.165) is 12.5 Å². The fourth-order valence-corrected chi connectivity index (χ4v) is 3.01. The SMILES string of the molecule is CCCC(C)c1cc2n(n1)C(C1CC1)CCN2. The number of aromatic nitrogens is 2. The van der Waals surface area contributed by atoms with E-state index in [-0.39, 0.29) is 0 Å². The third kappa shape index (κ3) is 2.07. The van der Waals surface area contributed by atoms with Crippen LogP contribution in [0.25, 0.3) is 0 Å². The third-order valence-corrected chi connectivity index (χ3v) is 4.21. The molecule has 0 bridgehead atoms. The predicted octanol–water partition coefficient (Wildman–Crippen LogP) is 3.55. The summed E-state index contributed by atoms with van der Waals surface area (Å²) in [4.78, 5) is 0. The molecule has 3 nitrogen and oxygen atoms in total. The van der Waals surface area contributed by atoms with Crippen molar-refractivity contribution in [2.45, 2.75) is 57.9 Å². The summed E-state index contributed by atoms with van der Waals surface area (Å²) >= 11 is 0. The van der Waals surface area contributed by atoms with Crippen LogP contribution in [0.2, 0.25) is 0 Å². The van der Waals surface area contributed by atoms with Gasteiger partial charge >= 0.3 is 0 Å². The van der Waals surface area contributed by atoms with Gasteiger partial charge in [0.2, 0.25) is 0 Å². The number of nitrogens with one attached hydrogen (secondary N) is 1. The Morgan fingerprint density at radius 2 is 2.29 bits per heavy atom. The lowest BCUT2D eigenvalue weighted by atomic mass is 10.0. The monoisotopic (exact) mass is 233 g/mol. The molecule has 1 saturated carbocycles. The van der Waals surface area contributed by atoms with Crippen molar-refractivity contribution in [2.75, 3.05) is 11.9 Å². The van der Waals surface area contributed by atoms with Gasteiger partial charge in [-0.2, -0.15) is 5.10 Å². The molecule has 1 aliphatic carbocycles. The Labute approximate surface area is 104 Å². The third-order valence-electron chi connectivity index (χ3n) is 4.21. The molecule has 0 spiro atoms. The van der Waals surface area contributed by atoms with Crippen molar-refractivity contribution >= 4 is 5.82 Å². The van der Waals surface area contributed by atoms with Crippen LogP contribution in [-0.2, 0) is 0 Å². The summed E-state index contributed by atoms with van der Waals surface area (Å²) < 4.78 is 2.28. The number of nitrogens with zero attached hydrogens (tertiary/aromatic N) is 2. The van der Waals surface area contributed by atoms with Gasteiger partial charge in [0.05, 0.1) is 11.7 Å². The molecule has 0 aromatic carbocycles. The second-order valence-corrected chi connectivity index (χ2v) is 5.71. The summed E-state index contributed by atoms with van der Waals surface area (Å²) in [5, 5.41) is 8.36. The van der Waals surface area contributed by atoms with E-state index in [9.17, 15) is 0 Å². The van der Waals surface area contributed by atoms with Crippen LogP contribution in [0.1, 0.15) is 63.6 Å². The van der Waals surface area contributed by atoms with Crippen LogP contribution in [0, 0.1) is 5.92 Å². The fraction of sp³-hybridized carbons (Fsp3) is 0.786. The van der Waals surface area contributed by atoms with Crippen molar-refractivity contribution in [2.24, 2.45) is 5.92 Å². The number of hydrogen-bond acceptors (Lipinski definition) is 2. The van der Waals surface area contributed by atoms with Crippen molar-refractivity contribution in [3.05, 3.63) is 11.8 Å². The van der Waals surface area contributed by atoms with Gasteiger partial charge in [0.15, 0.2) is 0 Å². The molecule has 2 atom stereocenters. The quantitative estimate of drug-likeness (QED) is 0.862. The van der Waals surface area contributed by atoms with Gasteiger partial charge in [0.1, 0.15) is 5.82 Å². The summed E-state index contributed by atoms with van der Waals surface area (Å²) in [6.45, 7) is 5.66. The molecule has 2 heterocycles. The van der Waals surface area contributed by atoms with Gasteiger partial charge in [-0.1, -0.05) is 20.3 Å². The van der Waals surface area contributed by atoms with Crippen molar-refractivity contribution in [1.29, 1.82) is 0 Å². The molecular formula is C14H23N3. The number of hydrogen-bond donors (Lipinski definition) is 1. The zero-order valence-electron chi connectivity index (χ0n) is 10.9. The average Bonchev–Trinajstić information content (AvgIpc) is 3.07. The highest BCUT2D eigenvalue weighted by atomic mass is 15.4. The van der Waals surface area contributed by atoms with Gasteiger partial charge < -0.3 is 5.32 Å². The lowest BCUT2D eigenvalue weighted by Gasteiger charge is -2.25. The predicted molar refractivity (Wildman–Crippen MR) is 70.4 cm³/mol. The fourth-order valence-electron chi connectivity index (χ4n) is 3.01. The van der Waals surface area contributed by atoms with E-state index in [4.69, 9.17) is 5.10 Å². The van der Waals surface area contributed by atoms with Crippen LogP contribution in [-0.4, -0.2) is 16.3 Å². The molecule has 3 rings (SSSR count). The molecule has 1 fully saturated rings. The lowest BCUT2D eigenvalue weighted by molar-refractivity contribution is 0.372. The highest BCUT2D eigenvalue weighted by molar-refractivity contribution is 5.40. The molecule has 0 amide bonds. The van der Waals surface area contributed by atoms with Crippen LogP contribution in [0.3, 0.4) is 0 Å². The average molecular weight is 233 g/mol. The van der Waals surface area contributed by atoms with E-state index in [1.807, 2.05) is 0 Å². The molecule has 0 saturated heterocycles. The zero-order chi connectivity index (χ0) is 11.8. The molecule has 17 heavy (non-hydrogen) atoms. The van der Waals surface area contributed by atoms with E-state index in [1.165, 1.54) is 43.6 Å². The first-order chi connectivity index (χ1) is 8.29. The van der Waals surface area contributed by atoms with Crippen molar-refractivity contribution < 1.29 is 0 Å². The van der Waals surface area contributed by atoms with Crippen molar-refractivity contribution in [3.8, 4) is 0 Å². The van der Waals surface area contributed by atoms with Gasteiger partial charge in [0, 0.05) is 18.5 Å². The standard InChI is InChI=1S/C14H23N3/c1-3-4-10(2)12-9-14-15-8-7-13(11-5-6-11)17(14)16-12/h9-11,13,15H,3-8H2,1-2H3. The minimum atomic E-state index is 0.597. The molecule has 94 valence electrons. The highest BCUT2D eigenvalue weighted by Crippen LogP contribution is 2.44. The molecular weight excluding hydrogens is 210 g/mol. The van der Waals surface area contributed by atoms with Gasteiger partial charge in [-0.3, -0.25) is 0 Å². The second kappa shape index (κ2) is 4.35. The molecule has 2 unspecified atom stereocenters. The normalized spacial score (nSPS) is 25.2. The largest absolute Gasteiger partial charge is 0.370 e. The zero-order valence-corrected chi connectivity index (χ0v) is 10.9. The topological polar surface area (TPSA) is 29.9 Å². The smallest absolute Gasteiger partial charge is 0.124 e. The molecule has 1 N–H and O–H groups in total. The van der Waals surface area contributed by atoms with Gasteiger partial charge in [-0.15, -0.1) is 0 Å². The Hall–Kier alpha value is -0.990. The summed E-state index contributed by atoms with van der Waals surface area (Å²) in [6, 6.07) is 2.95. The maximum atomic E-state index is 4.87. The van der Waals surface area contributed by atoms with E-state index in [0.29, 0.717) is 12.0 Å². The van der Waals surface area contributed by atoms with Crippen molar-refractivity contribution in [3.63, 3.8) is 0 Å². The molecule has 0 radical (unpaired) electrons. The minimum Gasteiger partial charge on any atom is -0.370 e. The number of anilines is 1. The first-order valence-electron chi connectivity index (χ1n) is 7.13. The first-order valence-corrected chi connectivity index (χ1v) is 7.13. The summed E-state index contributed by atoms with van der Waals surface area (Å²) in [6.07, 6.45) is 6.54. The van der Waals surface area contributed by atoms with Crippen LogP contribution >= 0.6 is 0 Å². The summed E-state index contributed by atoms with van der Waals surface area (Å²) in [7, 11) is 0. The van der Waals surface area contributed by atoms with E-state index >= 15 is 0 Å². The van der Waals surface area contributed by atoms with Crippen molar-refractivity contribution in [1.82, 2.24) is 9.78 Å². The highest BCUT2D eigenvalue weighted by Gasteiger charge is 2.36. The molecule has 1 aromatic rings. The molecule has 1 aliphatic heterocycles. The summed E-state index contributed by atoms with van der Waals surface area (Å²) in [5.41, 5.74) is 1.28. The Balaban J connectivity index is 1.84. The Morgan fingerprint density at radius 1 is 1.47 bits per heavy atom. The van der Waals surface area contributed by atoms with Crippen LogP contribution in [0.15, 0.2) is 6.07 Å². The van der Waals surface area contributed by atoms with Crippen LogP contribution < -0.4 is 5.32 Å². The Morgan fingerprint density at radius 3 is 3.00 bits per heavy atom. The molecule has 1 aromatic heterocycles. The summed E-state index contributed by atoms with van der Waals surface area (Å²) in [5.74, 6) is 2.76. The van der Waals surface area contributed by atoms with Gasteiger partial charge in [0.25, 0.3) is 0 Å². The van der Waals surface area contributed by atoms with Crippen LogP contribution in [0.5, 0.6) is 0 Å². The minimum absolute atomic E-state index is 0.597. The van der Waals surface area contributed by atoms with E-state index in [2.05, 4.69) is 29.9 Å². The molecule has 3 heteroatoms. The van der Waals surface area contributed by atoms with E-state index in [1.54, 1.807) is 0 Å². The first kappa shape index (κ1) is 11.1. The number of fused-ring (bicyclic) bond motifs is 1. The maximum Gasteiger partial charge on any atom is 0.124 e.